The van der Waals surface area contributed by atoms with Crippen molar-refractivity contribution in [3.63, 3.8) is 0 Å². The number of methoxy groups -OCH3 is 1. The van der Waals surface area contributed by atoms with Gasteiger partial charge in [0.25, 0.3) is 0 Å². The second kappa shape index (κ2) is 6.91. The molecule has 0 fully saturated rings. The van der Waals surface area contributed by atoms with Gasteiger partial charge in [-0.2, -0.15) is 0 Å². The molecule has 5 heteroatoms. The summed E-state index contributed by atoms with van der Waals surface area (Å²) in [6, 6.07) is 5.91. The molecule has 19 heavy (non-hydrogen) atoms. The minimum Gasteiger partial charge on any atom is -0.496 e. The Bertz CT molecular complexity index is 511. The second-order valence-electron chi connectivity index (χ2n) is 4.82. The summed E-state index contributed by atoms with van der Waals surface area (Å²) < 4.78 is 28.1. The molecule has 0 aliphatic rings. The van der Waals surface area contributed by atoms with Crippen LogP contribution in [0.1, 0.15) is 37.4 Å². The lowest BCUT2D eigenvalue weighted by Crippen LogP contribution is -2.19. The number of rotatable bonds is 7. The fraction of sp³-hybridized carbons (Fsp3) is 0.571. The van der Waals surface area contributed by atoms with Crippen LogP contribution in [-0.4, -0.2) is 28.3 Å². The first-order chi connectivity index (χ1) is 8.87. The maximum atomic E-state index is 11.5. The van der Waals surface area contributed by atoms with Crippen LogP contribution in [0.2, 0.25) is 0 Å². The SMILES string of the molecule is CCCNC(C)c1ccc(OC)c(CS(C)(=O)=O)c1. The number of nitrogens with one attached hydrogen (secondary N) is 1. The molecule has 0 aliphatic carbocycles. The monoisotopic (exact) mass is 285 g/mol. The van der Waals surface area contributed by atoms with E-state index >= 15 is 0 Å². The van der Waals surface area contributed by atoms with Crippen LogP contribution in [0.25, 0.3) is 0 Å². The van der Waals surface area contributed by atoms with E-state index in [0.29, 0.717) is 11.3 Å². The summed E-state index contributed by atoms with van der Waals surface area (Å²) in [5, 5.41) is 3.39. The molecule has 1 N–H and O–H groups in total. The molecule has 108 valence electrons. The summed E-state index contributed by atoms with van der Waals surface area (Å²) in [7, 11) is -1.51. The zero-order chi connectivity index (χ0) is 14.5. The van der Waals surface area contributed by atoms with Crippen LogP contribution in [0.4, 0.5) is 0 Å². The normalized spacial score (nSPS) is 13.3. The van der Waals surface area contributed by atoms with Gasteiger partial charge in [-0.05, 0) is 37.6 Å². The van der Waals surface area contributed by atoms with Crippen LogP contribution in [0, 0.1) is 0 Å². The van der Waals surface area contributed by atoms with E-state index in [2.05, 4.69) is 19.2 Å². The first-order valence-corrected chi connectivity index (χ1v) is 8.51. The molecule has 1 unspecified atom stereocenters. The minimum absolute atomic E-state index is 0.00448. The second-order valence-corrected chi connectivity index (χ2v) is 6.96. The van der Waals surface area contributed by atoms with Crippen LogP contribution in [0.3, 0.4) is 0 Å². The van der Waals surface area contributed by atoms with E-state index < -0.39 is 9.84 Å². The van der Waals surface area contributed by atoms with Crippen molar-refractivity contribution in [3.05, 3.63) is 29.3 Å². The van der Waals surface area contributed by atoms with Gasteiger partial charge in [0.1, 0.15) is 5.75 Å². The third-order valence-corrected chi connectivity index (χ3v) is 3.76. The molecule has 0 amide bonds. The number of benzene rings is 1. The molecule has 1 rings (SSSR count). The smallest absolute Gasteiger partial charge is 0.151 e. The fourth-order valence-electron chi connectivity index (χ4n) is 1.94. The van der Waals surface area contributed by atoms with Crippen molar-refractivity contribution < 1.29 is 13.2 Å². The topological polar surface area (TPSA) is 55.4 Å². The van der Waals surface area contributed by atoms with Gasteiger partial charge in [0.2, 0.25) is 0 Å². The number of ether oxygens (including phenoxy) is 1. The molecule has 0 bridgehead atoms. The van der Waals surface area contributed by atoms with Gasteiger partial charge in [0, 0.05) is 17.9 Å². The van der Waals surface area contributed by atoms with E-state index in [4.69, 9.17) is 4.74 Å². The van der Waals surface area contributed by atoms with E-state index in [9.17, 15) is 8.42 Å². The number of hydrogen-bond acceptors (Lipinski definition) is 4. The Morgan fingerprint density at radius 1 is 1.37 bits per heavy atom. The van der Waals surface area contributed by atoms with E-state index in [-0.39, 0.29) is 11.8 Å². The standard InChI is InChI=1S/C14H23NO3S/c1-5-8-15-11(2)12-6-7-14(18-3)13(9-12)10-19(4,16)17/h6-7,9,11,15H,5,8,10H2,1-4H3. The van der Waals surface area contributed by atoms with Crippen LogP contribution in [-0.2, 0) is 15.6 Å². The van der Waals surface area contributed by atoms with Crippen molar-refractivity contribution >= 4 is 9.84 Å². The predicted octanol–water partition coefficient (Wildman–Crippen LogP) is 2.30. The van der Waals surface area contributed by atoms with Gasteiger partial charge in [-0.3, -0.25) is 0 Å². The highest BCUT2D eigenvalue weighted by atomic mass is 32.2. The summed E-state index contributed by atoms with van der Waals surface area (Å²) in [6.45, 7) is 5.12. The predicted molar refractivity (Wildman–Crippen MR) is 78.3 cm³/mol. The Kier molecular flexibility index (Phi) is 5.82. The van der Waals surface area contributed by atoms with Gasteiger partial charge in [-0.1, -0.05) is 13.0 Å². The molecular formula is C14H23NO3S. The average Bonchev–Trinajstić information content (AvgIpc) is 2.34. The van der Waals surface area contributed by atoms with Gasteiger partial charge in [0.15, 0.2) is 9.84 Å². The lowest BCUT2D eigenvalue weighted by atomic mass is 10.0. The average molecular weight is 285 g/mol. The highest BCUT2D eigenvalue weighted by Crippen LogP contribution is 2.25. The molecule has 0 saturated carbocycles. The lowest BCUT2D eigenvalue weighted by Gasteiger charge is -2.16. The van der Waals surface area contributed by atoms with Crippen molar-refractivity contribution in [2.45, 2.75) is 32.1 Å². The van der Waals surface area contributed by atoms with Crippen molar-refractivity contribution in [2.75, 3.05) is 19.9 Å². The first kappa shape index (κ1) is 16.0. The van der Waals surface area contributed by atoms with Crippen molar-refractivity contribution in [1.29, 1.82) is 0 Å². The van der Waals surface area contributed by atoms with E-state index in [1.165, 1.54) is 6.26 Å². The number of hydrogen-bond donors (Lipinski definition) is 1. The summed E-state index contributed by atoms with van der Waals surface area (Å²) in [5.74, 6) is 0.627. The van der Waals surface area contributed by atoms with Crippen LogP contribution in [0.5, 0.6) is 5.75 Å². The molecule has 0 radical (unpaired) electrons. The van der Waals surface area contributed by atoms with Gasteiger partial charge in [-0.15, -0.1) is 0 Å². The van der Waals surface area contributed by atoms with Crippen LogP contribution in [0.15, 0.2) is 18.2 Å². The third-order valence-electron chi connectivity index (χ3n) is 2.92. The molecule has 1 aromatic carbocycles. The molecule has 1 atom stereocenters. The molecule has 0 aliphatic heterocycles. The zero-order valence-corrected chi connectivity index (χ0v) is 12.9. The van der Waals surface area contributed by atoms with Crippen molar-refractivity contribution in [3.8, 4) is 5.75 Å². The molecule has 0 spiro atoms. The Labute approximate surface area is 116 Å². The molecule has 0 heterocycles. The van der Waals surface area contributed by atoms with Crippen molar-refractivity contribution in [1.82, 2.24) is 5.32 Å². The Balaban J connectivity index is 3.00. The Hall–Kier alpha value is -1.07. The molecule has 0 saturated heterocycles. The maximum absolute atomic E-state index is 11.5. The van der Waals surface area contributed by atoms with Gasteiger partial charge in [0.05, 0.1) is 12.9 Å². The molecule has 4 nitrogen and oxygen atoms in total. The summed E-state index contributed by atoms with van der Waals surface area (Å²) in [5.41, 5.74) is 1.79. The van der Waals surface area contributed by atoms with E-state index in [1.807, 2.05) is 18.2 Å². The van der Waals surface area contributed by atoms with Gasteiger partial charge < -0.3 is 10.1 Å². The summed E-state index contributed by atoms with van der Waals surface area (Å²) in [6.07, 6.45) is 2.30. The van der Waals surface area contributed by atoms with Crippen LogP contribution >= 0.6 is 0 Å². The lowest BCUT2D eigenvalue weighted by molar-refractivity contribution is 0.410. The van der Waals surface area contributed by atoms with Crippen LogP contribution < -0.4 is 10.1 Å². The van der Waals surface area contributed by atoms with Gasteiger partial charge in [-0.25, -0.2) is 8.42 Å². The van der Waals surface area contributed by atoms with Crippen molar-refractivity contribution in [2.24, 2.45) is 0 Å². The minimum atomic E-state index is -3.07. The molecule has 0 aromatic heterocycles. The van der Waals surface area contributed by atoms with Gasteiger partial charge >= 0.3 is 0 Å². The Morgan fingerprint density at radius 2 is 2.05 bits per heavy atom. The van der Waals surface area contributed by atoms with E-state index in [1.54, 1.807) is 7.11 Å². The fourth-order valence-corrected chi connectivity index (χ4v) is 2.73. The highest BCUT2D eigenvalue weighted by molar-refractivity contribution is 7.89. The highest BCUT2D eigenvalue weighted by Gasteiger charge is 2.13. The molecular weight excluding hydrogens is 262 g/mol. The number of sulfone groups is 1. The third kappa shape index (κ3) is 5.20. The first-order valence-electron chi connectivity index (χ1n) is 6.45. The Morgan fingerprint density at radius 3 is 2.58 bits per heavy atom. The van der Waals surface area contributed by atoms with E-state index in [0.717, 1.165) is 18.5 Å². The maximum Gasteiger partial charge on any atom is 0.151 e. The summed E-state index contributed by atoms with van der Waals surface area (Å²) >= 11 is 0. The molecule has 1 aromatic rings. The largest absolute Gasteiger partial charge is 0.496 e. The summed E-state index contributed by atoms with van der Waals surface area (Å²) in [4.78, 5) is 0. The zero-order valence-electron chi connectivity index (χ0n) is 12.1. The quantitative estimate of drug-likeness (QED) is 0.835.